The van der Waals surface area contributed by atoms with Crippen molar-refractivity contribution in [3.05, 3.63) is 106 Å². The van der Waals surface area contributed by atoms with Gasteiger partial charge in [0, 0.05) is 0 Å². The zero-order valence-electron chi connectivity index (χ0n) is 35.0. The molecule has 0 aromatic heterocycles. The van der Waals surface area contributed by atoms with Gasteiger partial charge in [0.25, 0.3) is 0 Å². The Morgan fingerprint density at radius 3 is 1.53 bits per heavy atom. The Hall–Kier alpha value is -2.10. The second-order valence-corrected chi connectivity index (χ2v) is 34.4. The van der Waals surface area contributed by atoms with Gasteiger partial charge in [-0.05, 0) is 0 Å². The number of rotatable bonds is 23. The Bertz CT molecular complexity index is 1410. The third kappa shape index (κ3) is 12.2. The van der Waals surface area contributed by atoms with E-state index in [1.807, 2.05) is 30.3 Å². The van der Waals surface area contributed by atoms with Crippen LogP contribution < -0.4 is 9.47 Å². The van der Waals surface area contributed by atoms with Crippen LogP contribution in [0.2, 0.25) is 31.4 Å². The normalized spacial score (nSPS) is 14.6. The summed E-state index contributed by atoms with van der Waals surface area (Å²) in [5, 5.41) is 12.3. The van der Waals surface area contributed by atoms with Crippen LogP contribution in [0.5, 0.6) is 11.5 Å². The topological polar surface area (TPSA) is 57.2 Å². The van der Waals surface area contributed by atoms with E-state index in [0.717, 1.165) is 28.2 Å². The van der Waals surface area contributed by atoms with E-state index in [9.17, 15) is 5.11 Å². The van der Waals surface area contributed by atoms with Gasteiger partial charge >= 0.3 is 307 Å². The van der Waals surface area contributed by atoms with Crippen LogP contribution in [0, 0.1) is 5.92 Å². The fourth-order valence-electron chi connectivity index (χ4n) is 7.09. The molecule has 0 aliphatic heterocycles. The first-order valence-electron chi connectivity index (χ1n) is 20.3. The molecule has 0 unspecified atom stereocenters. The predicted molar refractivity (Wildman–Crippen MR) is 230 cm³/mol. The summed E-state index contributed by atoms with van der Waals surface area (Å²) in [5.41, 5.74) is 2.06. The summed E-state index contributed by atoms with van der Waals surface area (Å²) in [6.45, 7) is 20.9. The zero-order valence-corrected chi connectivity index (χ0v) is 38.9. The van der Waals surface area contributed by atoms with Crippen molar-refractivity contribution in [2.45, 2.75) is 136 Å². The van der Waals surface area contributed by atoms with E-state index in [0.29, 0.717) is 6.61 Å². The maximum absolute atomic E-state index is 12.3. The molecule has 0 aliphatic carbocycles. The summed E-state index contributed by atoms with van der Waals surface area (Å²) in [5.74, 6) is 1.46. The second kappa shape index (κ2) is 21.3. The molecule has 3 aromatic carbocycles. The van der Waals surface area contributed by atoms with Crippen LogP contribution in [0.25, 0.3) is 0 Å². The third-order valence-corrected chi connectivity index (χ3v) is 30.2. The van der Waals surface area contributed by atoms with Gasteiger partial charge in [-0.15, -0.1) is 0 Å². The maximum atomic E-state index is 12.3. The number of benzene rings is 3. The van der Waals surface area contributed by atoms with Crippen molar-refractivity contribution in [1.82, 2.24) is 0 Å². The number of ether oxygens (including phenoxy) is 3. The van der Waals surface area contributed by atoms with Gasteiger partial charge in [0.15, 0.2) is 0 Å². The zero-order chi connectivity index (χ0) is 39.1. The molecule has 0 fully saturated rings. The molecule has 0 saturated heterocycles. The molecule has 0 bridgehead atoms. The molecule has 0 spiro atoms. The Labute approximate surface area is 328 Å². The van der Waals surface area contributed by atoms with E-state index in [2.05, 4.69) is 120 Å². The summed E-state index contributed by atoms with van der Waals surface area (Å²) in [7, 11) is 1.10. The molecule has 0 saturated carbocycles. The van der Waals surface area contributed by atoms with Crippen LogP contribution in [0.15, 0.2) is 89.0 Å². The minimum absolute atomic E-state index is 0.0123. The standard InChI is InChI=1S/C34H45O5Si.3C4H9.Sn/c1-10-31(35)32(39-40(8,9)33(3,4)5)25(2)24-38-34(26-14-12-11-13-15-26,27-16-20-29(36-6)21-17-27)28-18-22-30(37-7)23-19-28;3*1-3-4-2;/h1,10-23,25,31-32,35H,24H2,2-9H3;3*1,3-4H2,2H3;/t25-,31+,32+;;;;/m0..../s1. The molecule has 0 aliphatic rings. The SMILES string of the molecule is CCC[CH2][Sn](/[CH]=C/[C@@H](O)[C@H](O[Si](C)(C)C(C)(C)C)[C@@H](C)COC(c1ccccc1)(c1ccc(OC)cc1)c1ccc(OC)cc1)([CH2]CCC)[CH2]CCC. The summed E-state index contributed by atoms with van der Waals surface area (Å²) in [6.07, 6.45) is 8.59. The van der Waals surface area contributed by atoms with Gasteiger partial charge in [0.1, 0.15) is 0 Å². The number of methoxy groups -OCH3 is 2. The van der Waals surface area contributed by atoms with Crippen molar-refractivity contribution in [3.63, 3.8) is 0 Å². The van der Waals surface area contributed by atoms with E-state index in [-0.39, 0.29) is 11.0 Å². The molecule has 7 heteroatoms. The summed E-state index contributed by atoms with van der Waals surface area (Å²) >= 11 is -2.66. The van der Waals surface area contributed by atoms with Crippen LogP contribution in [0.4, 0.5) is 0 Å². The Morgan fingerprint density at radius 1 is 0.698 bits per heavy atom. The quantitative estimate of drug-likeness (QED) is 0.0761. The van der Waals surface area contributed by atoms with Crippen LogP contribution in [-0.4, -0.2) is 64.8 Å². The van der Waals surface area contributed by atoms with Crippen LogP contribution in [0.3, 0.4) is 0 Å². The van der Waals surface area contributed by atoms with Crippen LogP contribution in [-0.2, 0) is 14.8 Å². The van der Waals surface area contributed by atoms with Gasteiger partial charge in [-0.1, -0.05) is 0 Å². The molecule has 5 nitrogen and oxygen atoms in total. The Balaban J connectivity index is 2.14. The van der Waals surface area contributed by atoms with E-state index in [1.54, 1.807) is 14.2 Å². The fraction of sp³-hybridized carbons (Fsp3) is 0.565. The van der Waals surface area contributed by atoms with Crippen LogP contribution in [0.1, 0.15) is 104 Å². The van der Waals surface area contributed by atoms with Gasteiger partial charge in [-0.3, -0.25) is 0 Å². The summed E-state index contributed by atoms with van der Waals surface area (Å²) in [6, 6.07) is 26.8. The number of unbranched alkanes of at least 4 members (excludes halogenated alkanes) is 3. The van der Waals surface area contributed by atoms with Crippen molar-refractivity contribution in [2.24, 2.45) is 5.92 Å². The summed E-state index contributed by atoms with van der Waals surface area (Å²) < 4.78 is 32.4. The Kier molecular flexibility index (Phi) is 18.2. The van der Waals surface area contributed by atoms with Crippen molar-refractivity contribution >= 4 is 26.7 Å². The molecule has 1 N–H and O–H groups in total. The molecule has 294 valence electrons. The average Bonchev–Trinajstić information content (AvgIpc) is 3.16. The van der Waals surface area contributed by atoms with Gasteiger partial charge < -0.3 is 9.47 Å². The average molecular weight is 852 g/mol. The number of aliphatic hydroxyl groups is 1. The Morgan fingerprint density at radius 2 is 1.13 bits per heavy atom. The molecule has 3 atom stereocenters. The van der Waals surface area contributed by atoms with Crippen molar-refractivity contribution in [1.29, 1.82) is 0 Å². The van der Waals surface area contributed by atoms with Gasteiger partial charge in [0.2, 0.25) is 0 Å². The van der Waals surface area contributed by atoms with E-state index in [1.165, 1.54) is 51.8 Å². The first-order valence-corrected chi connectivity index (χ1v) is 30.9. The third-order valence-electron chi connectivity index (χ3n) is 11.6. The monoisotopic (exact) mass is 852 g/mol. The first-order chi connectivity index (χ1) is 25.2. The molecule has 3 rings (SSSR count). The molecular formula is C46H72O5SiSn. The molecule has 3 aromatic rings. The number of aliphatic hydroxyl groups excluding tert-OH is 1. The van der Waals surface area contributed by atoms with E-state index < -0.39 is 44.5 Å². The predicted octanol–water partition coefficient (Wildman–Crippen LogP) is 12.3. The molecule has 0 radical (unpaired) electrons. The van der Waals surface area contributed by atoms with Crippen molar-refractivity contribution in [2.75, 3.05) is 20.8 Å². The van der Waals surface area contributed by atoms with Gasteiger partial charge in [-0.25, -0.2) is 0 Å². The molecule has 0 heterocycles. The minimum atomic E-state index is -2.66. The van der Waals surface area contributed by atoms with Crippen molar-refractivity contribution < 1.29 is 23.7 Å². The van der Waals surface area contributed by atoms with Gasteiger partial charge in [-0.2, -0.15) is 0 Å². The molecule has 53 heavy (non-hydrogen) atoms. The number of hydrogen-bond donors (Lipinski definition) is 1. The molecular weight excluding hydrogens is 779 g/mol. The number of hydrogen-bond acceptors (Lipinski definition) is 5. The van der Waals surface area contributed by atoms with Gasteiger partial charge in [0.05, 0.1) is 14.2 Å². The fourth-order valence-corrected chi connectivity index (χ4v) is 22.8. The van der Waals surface area contributed by atoms with E-state index >= 15 is 0 Å². The van der Waals surface area contributed by atoms with Crippen LogP contribution >= 0.6 is 0 Å². The molecule has 0 amide bonds. The second-order valence-electron chi connectivity index (χ2n) is 16.7. The summed E-state index contributed by atoms with van der Waals surface area (Å²) in [4.78, 5) is 0. The van der Waals surface area contributed by atoms with E-state index in [4.69, 9.17) is 18.6 Å². The van der Waals surface area contributed by atoms with Crippen molar-refractivity contribution in [3.8, 4) is 11.5 Å². The first kappa shape index (κ1) is 45.3.